The SMILES string of the molecule is CC=CC=CC(=O)O.CC=CC=CC(=O)O.[C]=O.[Ru]. The summed E-state index contributed by atoms with van der Waals surface area (Å²) in [6.07, 6.45) is 12.0. The third-order valence-corrected chi connectivity index (χ3v) is 1.08. The summed E-state index contributed by atoms with van der Waals surface area (Å²) in [5.41, 5.74) is 0. The van der Waals surface area contributed by atoms with Gasteiger partial charge < -0.3 is 10.2 Å². The summed E-state index contributed by atoms with van der Waals surface area (Å²) < 4.78 is 0. The molecule has 0 aromatic carbocycles. The van der Waals surface area contributed by atoms with E-state index in [1.165, 1.54) is 12.2 Å². The van der Waals surface area contributed by atoms with E-state index >= 15 is 0 Å². The number of allylic oxidation sites excluding steroid dienone is 6. The van der Waals surface area contributed by atoms with Crippen molar-refractivity contribution in [3.05, 3.63) is 48.6 Å². The van der Waals surface area contributed by atoms with Crippen LogP contribution < -0.4 is 0 Å². The second-order valence-electron chi connectivity index (χ2n) is 2.45. The molecule has 0 saturated heterocycles. The van der Waals surface area contributed by atoms with Crippen molar-refractivity contribution in [3.63, 3.8) is 0 Å². The Kier molecular flexibility index (Phi) is 34.3. The average Bonchev–Trinajstić information content (AvgIpc) is 2.32. The summed E-state index contributed by atoms with van der Waals surface area (Å²) in [7, 11) is 0. The maximum Gasteiger partial charge on any atom is 0.328 e. The first kappa shape index (κ1) is 25.9. The molecule has 5 nitrogen and oxygen atoms in total. The number of carbonyl (C=O) groups excluding carboxylic acids is 1. The van der Waals surface area contributed by atoms with Gasteiger partial charge in [-0.15, -0.1) is 0 Å². The van der Waals surface area contributed by atoms with Gasteiger partial charge in [-0.2, -0.15) is 0 Å². The third kappa shape index (κ3) is 48.6. The molecular formula is C13H16O5Ru. The number of rotatable bonds is 4. The molecular weight excluding hydrogens is 337 g/mol. The molecule has 0 aromatic heterocycles. The van der Waals surface area contributed by atoms with Gasteiger partial charge in [0, 0.05) is 31.6 Å². The summed E-state index contributed by atoms with van der Waals surface area (Å²) in [5, 5.41) is 16.0. The van der Waals surface area contributed by atoms with Crippen LogP contribution in [0.3, 0.4) is 0 Å². The van der Waals surface area contributed by atoms with E-state index < -0.39 is 11.9 Å². The Morgan fingerprint density at radius 2 is 1.05 bits per heavy atom. The summed E-state index contributed by atoms with van der Waals surface area (Å²) >= 11 is 0. The van der Waals surface area contributed by atoms with Crippen LogP contribution in [0.25, 0.3) is 0 Å². The molecule has 0 atom stereocenters. The standard InChI is InChI=1S/2C6H8O2.CO.Ru/c2*1-2-3-4-5-6(7)8;1-2;/h2*2-5H,1H3,(H,7,8);;. The van der Waals surface area contributed by atoms with Gasteiger partial charge in [0.15, 0.2) is 0 Å². The van der Waals surface area contributed by atoms with Crippen LogP contribution in [0.1, 0.15) is 13.8 Å². The van der Waals surface area contributed by atoms with Crippen molar-refractivity contribution < 1.29 is 44.1 Å². The van der Waals surface area contributed by atoms with E-state index in [9.17, 15) is 9.59 Å². The van der Waals surface area contributed by atoms with Gasteiger partial charge in [-0.3, -0.25) is 4.79 Å². The van der Waals surface area contributed by atoms with E-state index in [-0.39, 0.29) is 19.5 Å². The molecule has 106 valence electrons. The zero-order valence-corrected chi connectivity index (χ0v) is 12.3. The van der Waals surface area contributed by atoms with Crippen molar-refractivity contribution in [2.24, 2.45) is 0 Å². The Morgan fingerprint density at radius 1 is 0.789 bits per heavy atom. The van der Waals surface area contributed by atoms with Crippen LogP contribution in [0.5, 0.6) is 0 Å². The molecule has 0 saturated carbocycles. The van der Waals surface area contributed by atoms with Crippen LogP contribution in [0.2, 0.25) is 0 Å². The normalized spacial score (nSPS) is 9.58. The monoisotopic (exact) mass is 354 g/mol. The fraction of sp³-hybridized carbons (Fsp3) is 0.154. The van der Waals surface area contributed by atoms with Gasteiger partial charge in [0.25, 0.3) is 6.79 Å². The topological polar surface area (TPSA) is 91.7 Å². The first-order valence-electron chi connectivity index (χ1n) is 4.79. The zero-order valence-electron chi connectivity index (χ0n) is 10.6. The van der Waals surface area contributed by atoms with E-state index in [1.54, 1.807) is 24.3 Å². The summed E-state index contributed by atoms with van der Waals surface area (Å²) in [5.74, 6) is -1.83. The molecule has 0 bridgehead atoms. The maximum absolute atomic E-state index is 9.75. The van der Waals surface area contributed by atoms with E-state index in [1.807, 2.05) is 13.8 Å². The summed E-state index contributed by atoms with van der Waals surface area (Å²) in [6.45, 7) is 8.15. The molecule has 0 aliphatic heterocycles. The molecule has 0 aromatic rings. The van der Waals surface area contributed by atoms with Gasteiger partial charge in [-0.25, -0.2) is 9.59 Å². The van der Waals surface area contributed by atoms with Gasteiger partial charge in [-0.05, 0) is 13.8 Å². The van der Waals surface area contributed by atoms with Crippen LogP contribution in [0.15, 0.2) is 48.6 Å². The fourth-order valence-corrected chi connectivity index (χ4v) is 0.498. The molecule has 2 N–H and O–H groups in total. The van der Waals surface area contributed by atoms with E-state index in [2.05, 4.69) is 6.79 Å². The minimum atomic E-state index is -0.914. The number of hydrogen-bond donors (Lipinski definition) is 2. The van der Waals surface area contributed by atoms with Crippen molar-refractivity contribution in [2.75, 3.05) is 0 Å². The number of carbonyl (C=O) groups is 2. The van der Waals surface area contributed by atoms with E-state index in [4.69, 9.17) is 15.0 Å². The molecule has 0 amide bonds. The molecule has 0 unspecified atom stereocenters. The van der Waals surface area contributed by atoms with Gasteiger partial charge >= 0.3 is 11.9 Å². The smallest absolute Gasteiger partial charge is 0.328 e. The quantitative estimate of drug-likeness (QED) is 0.458. The summed E-state index contributed by atoms with van der Waals surface area (Å²) in [6, 6.07) is 0. The number of hydrogen-bond acceptors (Lipinski definition) is 3. The van der Waals surface area contributed by atoms with Crippen molar-refractivity contribution >= 4 is 18.7 Å². The average molecular weight is 353 g/mol. The Morgan fingerprint density at radius 3 is 1.21 bits per heavy atom. The predicted molar refractivity (Wildman–Crippen MR) is 68.9 cm³/mol. The van der Waals surface area contributed by atoms with Crippen molar-refractivity contribution in [1.29, 1.82) is 0 Å². The largest absolute Gasteiger partial charge is 0.478 e. The van der Waals surface area contributed by atoms with E-state index in [0.717, 1.165) is 12.2 Å². The van der Waals surface area contributed by atoms with Gasteiger partial charge in [0.2, 0.25) is 0 Å². The minimum Gasteiger partial charge on any atom is -0.478 e. The molecule has 0 spiro atoms. The molecule has 0 rings (SSSR count). The first-order chi connectivity index (χ1) is 8.54. The molecule has 6 heteroatoms. The van der Waals surface area contributed by atoms with Crippen molar-refractivity contribution in [1.82, 2.24) is 0 Å². The molecule has 0 heterocycles. The maximum atomic E-state index is 9.75. The van der Waals surface area contributed by atoms with Crippen LogP contribution in [0.4, 0.5) is 0 Å². The Bertz CT molecular complexity index is 298. The van der Waals surface area contributed by atoms with Crippen LogP contribution in [-0.4, -0.2) is 28.9 Å². The second-order valence-corrected chi connectivity index (χ2v) is 2.45. The number of carboxylic acid groups (broad SMARTS) is 2. The number of aliphatic carboxylic acids is 2. The van der Waals surface area contributed by atoms with Gasteiger partial charge in [0.1, 0.15) is 0 Å². The Balaban J connectivity index is -0.0000000999. The number of carboxylic acids is 2. The third-order valence-electron chi connectivity index (χ3n) is 1.08. The van der Waals surface area contributed by atoms with Crippen molar-refractivity contribution in [3.8, 4) is 0 Å². The molecule has 0 aliphatic rings. The Labute approximate surface area is 125 Å². The van der Waals surface area contributed by atoms with E-state index in [0.29, 0.717) is 0 Å². The Hall–Kier alpha value is -1.81. The molecule has 0 aliphatic carbocycles. The minimum absolute atomic E-state index is 0. The predicted octanol–water partition coefficient (Wildman–Crippen LogP) is 2.01. The zero-order chi connectivity index (χ0) is 14.8. The molecule has 2 radical (unpaired) electrons. The fourth-order valence-electron chi connectivity index (χ4n) is 0.498. The first-order valence-corrected chi connectivity index (χ1v) is 4.79. The summed E-state index contributed by atoms with van der Waals surface area (Å²) in [4.78, 5) is 27.0. The van der Waals surface area contributed by atoms with Gasteiger partial charge in [-0.1, -0.05) is 36.5 Å². The van der Waals surface area contributed by atoms with Crippen LogP contribution in [0, 0.1) is 0 Å². The van der Waals surface area contributed by atoms with Gasteiger partial charge in [0.05, 0.1) is 0 Å². The second kappa shape index (κ2) is 25.1. The van der Waals surface area contributed by atoms with Crippen molar-refractivity contribution in [2.45, 2.75) is 13.8 Å². The molecule has 19 heavy (non-hydrogen) atoms. The van der Waals surface area contributed by atoms with Crippen LogP contribution in [-0.2, 0) is 33.9 Å². The molecule has 0 fully saturated rings. The van der Waals surface area contributed by atoms with Crippen LogP contribution >= 0.6 is 0 Å².